The molecule has 0 fully saturated rings. The highest BCUT2D eigenvalue weighted by Crippen LogP contribution is 2.36. The molecule has 41 heavy (non-hydrogen) atoms. The number of sulfonamides is 1. The van der Waals surface area contributed by atoms with E-state index in [1.165, 1.54) is 35.0 Å². The average molecular weight is 582 g/mol. The number of aromatic nitrogens is 2. The van der Waals surface area contributed by atoms with Crippen molar-refractivity contribution >= 4 is 27.3 Å². The normalized spacial score (nSPS) is 12.1. The van der Waals surface area contributed by atoms with E-state index in [9.17, 15) is 27.7 Å². The number of anilines is 1. The minimum Gasteiger partial charge on any atom is -0.437 e. The van der Waals surface area contributed by atoms with Gasteiger partial charge < -0.3 is 10.1 Å². The molecule has 3 aromatic carbocycles. The van der Waals surface area contributed by atoms with Gasteiger partial charge in [-0.25, -0.2) is 17.5 Å². The van der Waals surface area contributed by atoms with Gasteiger partial charge in [-0.1, -0.05) is 24.6 Å². The van der Waals surface area contributed by atoms with E-state index in [2.05, 4.69) is 15.1 Å². The molecule has 1 heterocycles. The number of hydrogen-bond acceptors (Lipinski definition) is 7. The lowest BCUT2D eigenvalue weighted by molar-refractivity contribution is -0.385. The molecule has 11 nitrogen and oxygen atoms in total. The summed E-state index contributed by atoms with van der Waals surface area (Å²) in [5, 5.41) is 18.6. The number of rotatable bonds is 10. The number of aryl methyl sites for hydroxylation is 1. The number of nitrogens with zero attached hydrogens (tertiary/aromatic N) is 3. The van der Waals surface area contributed by atoms with Crippen molar-refractivity contribution in [3.05, 3.63) is 99.5 Å². The number of nitro benzene ring substituents is 1. The van der Waals surface area contributed by atoms with Crippen LogP contribution in [0.15, 0.2) is 71.6 Å². The van der Waals surface area contributed by atoms with Gasteiger partial charge in [0.05, 0.1) is 10.6 Å². The van der Waals surface area contributed by atoms with Gasteiger partial charge in [0, 0.05) is 29.4 Å². The molecule has 2 N–H and O–H groups in total. The summed E-state index contributed by atoms with van der Waals surface area (Å²) in [5.74, 6) is -1.25. The Bertz CT molecular complexity index is 1700. The fraction of sp³-hybridized carbons (Fsp3) is 0.214. The molecule has 0 radical (unpaired) electrons. The maximum Gasteiger partial charge on any atom is 0.276 e. The van der Waals surface area contributed by atoms with Gasteiger partial charge in [0.1, 0.15) is 16.5 Å². The summed E-state index contributed by atoms with van der Waals surface area (Å²) in [6.07, 6.45) is 0.482. The molecule has 0 aliphatic heterocycles. The first-order chi connectivity index (χ1) is 19.4. The lowest BCUT2D eigenvalue weighted by Crippen LogP contribution is -2.32. The number of ether oxygens (including phenoxy) is 1. The van der Waals surface area contributed by atoms with Crippen LogP contribution in [0.25, 0.3) is 5.69 Å². The van der Waals surface area contributed by atoms with Gasteiger partial charge in [0.2, 0.25) is 15.9 Å². The van der Waals surface area contributed by atoms with Crippen LogP contribution in [0.5, 0.6) is 11.6 Å². The third-order valence-electron chi connectivity index (χ3n) is 6.27. The molecule has 0 saturated heterocycles. The van der Waals surface area contributed by atoms with Crippen LogP contribution in [-0.2, 0) is 10.0 Å². The minimum atomic E-state index is -4.25. The molecule has 0 aliphatic carbocycles. The van der Waals surface area contributed by atoms with Gasteiger partial charge in [0.25, 0.3) is 11.6 Å². The quantitative estimate of drug-likeness (QED) is 0.182. The lowest BCUT2D eigenvalue weighted by atomic mass is 10.2. The van der Waals surface area contributed by atoms with E-state index in [-0.39, 0.29) is 22.9 Å². The number of nitrogens with one attached hydrogen (secondary N) is 2. The van der Waals surface area contributed by atoms with Crippen molar-refractivity contribution in [1.82, 2.24) is 14.5 Å². The molecular weight excluding hydrogens is 553 g/mol. The Kier molecular flexibility index (Phi) is 8.49. The van der Waals surface area contributed by atoms with Crippen molar-refractivity contribution in [1.29, 1.82) is 0 Å². The summed E-state index contributed by atoms with van der Waals surface area (Å²) < 4.78 is 49.8. The van der Waals surface area contributed by atoms with E-state index in [1.807, 2.05) is 19.1 Å². The smallest absolute Gasteiger partial charge is 0.276 e. The minimum absolute atomic E-state index is 0.0203. The molecule has 1 atom stereocenters. The third kappa shape index (κ3) is 6.58. The SMILES string of the molecule is CC[C@H](C)NS(=O)(=O)c1cc([N+](=O)[O-])ccc1Oc1c(C)c(C(=O)Nc2ccc(F)cc2)nn1-c1ccc(C)cc1. The Morgan fingerprint density at radius 2 is 1.76 bits per heavy atom. The Hall–Kier alpha value is -4.62. The number of nitro groups is 1. The Labute approximate surface area is 236 Å². The van der Waals surface area contributed by atoms with Crippen molar-refractivity contribution in [3.63, 3.8) is 0 Å². The lowest BCUT2D eigenvalue weighted by Gasteiger charge is -2.16. The molecule has 1 aromatic heterocycles. The summed E-state index contributed by atoms with van der Waals surface area (Å²) in [7, 11) is -4.25. The van der Waals surface area contributed by atoms with Gasteiger partial charge in [0.15, 0.2) is 5.69 Å². The topological polar surface area (TPSA) is 145 Å². The monoisotopic (exact) mass is 581 g/mol. The zero-order valence-corrected chi connectivity index (χ0v) is 23.5. The number of halogens is 1. The fourth-order valence-electron chi connectivity index (χ4n) is 3.82. The molecule has 0 aliphatic rings. The zero-order chi connectivity index (χ0) is 29.9. The van der Waals surface area contributed by atoms with E-state index in [4.69, 9.17) is 4.74 Å². The van der Waals surface area contributed by atoms with E-state index >= 15 is 0 Å². The van der Waals surface area contributed by atoms with Gasteiger partial charge in [-0.05, 0) is 69.7 Å². The van der Waals surface area contributed by atoms with Crippen LogP contribution in [-0.4, -0.2) is 35.1 Å². The zero-order valence-electron chi connectivity index (χ0n) is 22.7. The predicted molar refractivity (Wildman–Crippen MR) is 151 cm³/mol. The summed E-state index contributed by atoms with van der Waals surface area (Å²) in [4.78, 5) is 23.5. The number of carbonyl (C=O) groups excluding carboxylic acids is 1. The third-order valence-corrected chi connectivity index (χ3v) is 7.88. The van der Waals surface area contributed by atoms with Crippen molar-refractivity contribution in [2.75, 3.05) is 5.32 Å². The van der Waals surface area contributed by atoms with E-state index in [1.54, 1.807) is 32.9 Å². The van der Waals surface area contributed by atoms with Gasteiger partial charge >= 0.3 is 0 Å². The Morgan fingerprint density at radius 3 is 2.37 bits per heavy atom. The highest BCUT2D eigenvalue weighted by Gasteiger charge is 2.28. The maximum atomic E-state index is 13.3. The Morgan fingerprint density at radius 1 is 1.10 bits per heavy atom. The van der Waals surface area contributed by atoms with Crippen molar-refractivity contribution in [3.8, 4) is 17.3 Å². The van der Waals surface area contributed by atoms with Gasteiger partial charge in [-0.15, -0.1) is 0 Å². The van der Waals surface area contributed by atoms with Crippen LogP contribution >= 0.6 is 0 Å². The maximum absolute atomic E-state index is 13.3. The van der Waals surface area contributed by atoms with Crippen molar-refractivity contribution in [2.45, 2.75) is 45.1 Å². The summed E-state index contributed by atoms with van der Waals surface area (Å²) >= 11 is 0. The molecule has 214 valence electrons. The van der Waals surface area contributed by atoms with Crippen LogP contribution < -0.4 is 14.8 Å². The number of amides is 1. The number of carbonyl (C=O) groups is 1. The highest BCUT2D eigenvalue weighted by atomic mass is 32.2. The summed E-state index contributed by atoms with van der Waals surface area (Å²) in [6, 6.07) is 15.1. The molecule has 0 unspecified atom stereocenters. The molecule has 1 amide bonds. The number of non-ortho nitro benzene ring substituents is 1. The van der Waals surface area contributed by atoms with Gasteiger partial charge in [-0.3, -0.25) is 14.9 Å². The standard InChI is InChI=1S/C28H28FN5O6S/c1-5-18(3)32-41(38,39)25-16-23(34(36)37)14-15-24(25)40-28-19(4)26(27(35)30-21-10-8-20(29)9-11-21)31-33(28)22-12-6-17(2)7-13-22/h6-16,18,32H,5H2,1-4H3,(H,30,35)/t18-/m0/s1. The van der Waals surface area contributed by atoms with Crippen molar-refractivity contribution in [2.24, 2.45) is 0 Å². The van der Waals surface area contributed by atoms with Crippen LogP contribution in [0.3, 0.4) is 0 Å². The summed E-state index contributed by atoms with van der Waals surface area (Å²) in [6.45, 7) is 6.93. The average Bonchev–Trinajstić information content (AvgIpc) is 3.25. The second kappa shape index (κ2) is 11.9. The van der Waals surface area contributed by atoms with E-state index < -0.39 is 43.3 Å². The van der Waals surface area contributed by atoms with Crippen LogP contribution in [0, 0.1) is 29.8 Å². The van der Waals surface area contributed by atoms with E-state index in [0.29, 0.717) is 17.8 Å². The molecular formula is C28H28FN5O6S. The molecule has 4 rings (SSSR count). The van der Waals surface area contributed by atoms with Crippen LogP contribution in [0.4, 0.5) is 15.8 Å². The number of benzene rings is 3. The van der Waals surface area contributed by atoms with Crippen LogP contribution in [0.2, 0.25) is 0 Å². The highest BCUT2D eigenvalue weighted by molar-refractivity contribution is 7.89. The Balaban J connectivity index is 1.84. The molecule has 4 aromatic rings. The van der Waals surface area contributed by atoms with Crippen molar-refractivity contribution < 1.29 is 27.3 Å². The first-order valence-electron chi connectivity index (χ1n) is 12.6. The molecule has 13 heteroatoms. The largest absolute Gasteiger partial charge is 0.437 e. The number of hydrogen-bond donors (Lipinski definition) is 2. The molecule has 0 saturated carbocycles. The first-order valence-corrected chi connectivity index (χ1v) is 14.1. The second-order valence-electron chi connectivity index (χ2n) is 9.41. The fourth-order valence-corrected chi connectivity index (χ4v) is 5.29. The van der Waals surface area contributed by atoms with Crippen LogP contribution in [0.1, 0.15) is 41.9 Å². The van der Waals surface area contributed by atoms with E-state index in [0.717, 1.165) is 17.7 Å². The first kappa shape index (κ1) is 29.4. The summed E-state index contributed by atoms with van der Waals surface area (Å²) in [5.41, 5.74) is 1.61. The molecule has 0 bridgehead atoms. The second-order valence-corrected chi connectivity index (χ2v) is 11.1. The van der Waals surface area contributed by atoms with Gasteiger partial charge in [-0.2, -0.15) is 9.78 Å². The molecule has 0 spiro atoms. The predicted octanol–water partition coefficient (Wildman–Crippen LogP) is 5.66.